The first kappa shape index (κ1) is 26.5. The zero-order valence-corrected chi connectivity index (χ0v) is 20.0. The van der Waals surface area contributed by atoms with Gasteiger partial charge in [-0.1, -0.05) is 18.2 Å². The Balaban J connectivity index is 1.73. The van der Waals surface area contributed by atoms with E-state index in [0.29, 0.717) is 16.8 Å². The topological polar surface area (TPSA) is 245 Å². The molecule has 0 spiro atoms. The van der Waals surface area contributed by atoms with E-state index in [1.165, 1.54) is 24.3 Å². The number of phenolic OH excluding ortho intramolecular Hbond substituents is 3. The van der Waals surface area contributed by atoms with E-state index in [-0.39, 0.29) is 16.3 Å². The van der Waals surface area contributed by atoms with Gasteiger partial charge in [-0.05, 0) is 35.7 Å². The molecule has 16 nitrogen and oxygen atoms in total. The highest BCUT2D eigenvalue weighted by Gasteiger charge is 2.29. The monoisotopic (exact) mass is 556 g/mol. The molecule has 4 rings (SSSR count). The van der Waals surface area contributed by atoms with Gasteiger partial charge in [-0.25, -0.2) is 10.4 Å². The van der Waals surface area contributed by atoms with Crippen LogP contribution in [0.4, 0.5) is 34.1 Å². The number of nitrogens with zero attached hydrogens (tertiary/aromatic N) is 6. The van der Waals surface area contributed by atoms with Crippen molar-refractivity contribution in [3.63, 3.8) is 0 Å². The summed E-state index contributed by atoms with van der Waals surface area (Å²) in [5.41, 5.74) is -2.52. The number of azo groups is 2. The van der Waals surface area contributed by atoms with Crippen molar-refractivity contribution in [2.75, 3.05) is 0 Å². The highest BCUT2D eigenvalue weighted by molar-refractivity contribution is 7.85. The molecule has 0 heterocycles. The number of fused-ring (bicyclic) bond motifs is 1. The van der Waals surface area contributed by atoms with Crippen LogP contribution in [0.25, 0.3) is 10.8 Å². The van der Waals surface area contributed by atoms with Crippen LogP contribution in [0.2, 0.25) is 0 Å². The molecule has 0 saturated carbocycles. The summed E-state index contributed by atoms with van der Waals surface area (Å²) in [4.78, 5) is 20.7. The van der Waals surface area contributed by atoms with E-state index >= 15 is 0 Å². The van der Waals surface area contributed by atoms with Crippen molar-refractivity contribution in [2.24, 2.45) is 20.5 Å². The first-order valence-electron chi connectivity index (χ1n) is 10.4. The molecule has 0 unspecified atom stereocenters. The average molecular weight is 556 g/mol. The molecular formula is C22H16N6O10S+2. The third kappa shape index (κ3) is 5.43. The van der Waals surface area contributed by atoms with E-state index in [4.69, 9.17) is 10.4 Å². The molecule has 0 atom stereocenters. The Morgan fingerprint density at radius 2 is 1.38 bits per heavy atom. The van der Waals surface area contributed by atoms with Gasteiger partial charge in [-0.15, -0.1) is 20.5 Å². The molecule has 0 fully saturated rings. The van der Waals surface area contributed by atoms with Crippen LogP contribution < -0.4 is 0 Å². The van der Waals surface area contributed by atoms with Crippen LogP contribution in [0.15, 0.2) is 86.0 Å². The van der Waals surface area contributed by atoms with Crippen LogP contribution >= 0.6 is 0 Å². The van der Waals surface area contributed by atoms with Crippen LogP contribution in [0.5, 0.6) is 17.2 Å². The first-order valence-corrected chi connectivity index (χ1v) is 11.9. The molecule has 0 amide bonds. The molecule has 198 valence electrons. The molecular weight excluding hydrogens is 540 g/mol. The highest BCUT2D eigenvalue weighted by atomic mass is 32.2. The molecule has 0 aliphatic rings. The predicted octanol–water partition coefficient (Wildman–Crippen LogP) is 5.63. The van der Waals surface area contributed by atoms with E-state index in [0.717, 1.165) is 24.3 Å². The number of phenols is 3. The van der Waals surface area contributed by atoms with Crippen molar-refractivity contribution in [3.8, 4) is 17.2 Å². The van der Waals surface area contributed by atoms with Gasteiger partial charge in [0.05, 0.1) is 26.5 Å². The minimum Gasteiger partial charge on any atom is -0.505 e. The van der Waals surface area contributed by atoms with E-state index in [2.05, 4.69) is 20.5 Å². The Morgan fingerprint density at radius 1 is 0.692 bits per heavy atom. The van der Waals surface area contributed by atoms with Crippen LogP contribution in [-0.4, -0.2) is 48.6 Å². The van der Waals surface area contributed by atoms with Gasteiger partial charge in [0.25, 0.3) is 20.0 Å². The summed E-state index contributed by atoms with van der Waals surface area (Å²) in [6.07, 6.45) is 0. The fourth-order valence-electron chi connectivity index (χ4n) is 3.36. The SMILES string of the molecule is O=[N+](O)c1cc(/N=N/c2ccc(O)c(/N=N/c3cccc4cc(S(=O)(=O)O)ccc34)c2O)c(O)c([N+](=O)O)c1. The van der Waals surface area contributed by atoms with E-state index in [9.17, 15) is 38.1 Å². The van der Waals surface area contributed by atoms with Gasteiger partial charge in [-0.2, -0.15) is 8.42 Å². The number of rotatable bonds is 7. The Bertz CT molecular complexity index is 1840. The summed E-state index contributed by atoms with van der Waals surface area (Å²) < 4.78 is 32.1. The van der Waals surface area contributed by atoms with Crippen molar-refractivity contribution < 1.29 is 48.6 Å². The Hall–Kier alpha value is -5.55. The second-order valence-corrected chi connectivity index (χ2v) is 9.14. The predicted molar refractivity (Wildman–Crippen MR) is 130 cm³/mol. The fourth-order valence-corrected chi connectivity index (χ4v) is 3.88. The third-order valence-electron chi connectivity index (χ3n) is 5.24. The Morgan fingerprint density at radius 3 is 2.05 bits per heavy atom. The van der Waals surface area contributed by atoms with Crippen molar-refractivity contribution in [1.82, 2.24) is 0 Å². The highest BCUT2D eigenvalue weighted by Crippen LogP contribution is 2.45. The van der Waals surface area contributed by atoms with Gasteiger partial charge < -0.3 is 15.3 Å². The second-order valence-electron chi connectivity index (χ2n) is 7.71. The summed E-state index contributed by atoms with van der Waals surface area (Å²) >= 11 is 0. The quantitative estimate of drug-likeness (QED) is 0.0929. The largest absolute Gasteiger partial charge is 0.505 e. The molecule has 0 bridgehead atoms. The molecule has 0 radical (unpaired) electrons. The van der Waals surface area contributed by atoms with Crippen molar-refractivity contribution in [1.29, 1.82) is 0 Å². The number of hydrogen-bond donors (Lipinski definition) is 6. The van der Waals surface area contributed by atoms with Gasteiger partial charge in [0, 0.05) is 5.39 Å². The Labute approximate surface area is 216 Å². The molecule has 0 aromatic heterocycles. The van der Waals surface area contributed by atoms with Gasteiger partial charge in [0.1, 0.15) is 23.2 Å². The summed E-state index contributed by atoms with van der Waals surface area (Å²) in [5.74, 6) is -2.14. The normalized spacial score (nSPS) is 11.9. The standard InChI is InChI=1S/C22H14N6O10S/c29-19-7-6-16(24-25-17-9-12(27(32)33)10-18(21(17)30)28(34)35)22(31)20(19)26-23-15-3-1-2-11-8-13(39(36,37)38)4-5-14(11)15/h1-10H,(H4-2,23,24,25,26,29,30,31,32,33,34,35,36,37,38)/p+2. The molecule has 4 aromatic carbocycles. The van der Waals surface area contributed by atoms with E-state index in [1.807, 2.05) is 0 Å². The zero-order chi connectivity index (χ0) is 28.5. The minimum absolute atomic E-state index is 0.215. The molecule has 0 saturated heterocycles. The van der Waals surface area contributed by atoms with E-state index in [1.54, 1.807) is 6.07 Å². The first-order chi connectivity index (χ1) is 18.4. The molecule has 4 aromatic rings. The maximum absolute atomic E-state index is 11.4. The number of aromatic hydroxyl groups is 3. The third-order valence-corrected chi connectivity index (χ3v) is 6.09. The smallest absolute Gasteiger partial charge is 0.367 e. The van der Waals surface area contributed by atoms with Crippen LogP contribution in [0.1, 0.15) is 0 Å². The summed E-state index contributed by atoms with van der Waals surface area (Å²) in [6, 6.07) is 12.1. The number of hydrogen-bond acceptors (Lipinski definition) is 11. The summed E-state index contributed by atoms with van der Waals surface area (Å²) in [7, 11) is -4.44. The lowest BCUT2D eigenvalue weighted by Crippen LogP contribution is -1.97. The lowest BCUT2D eigenvalue weighted by molar-refractivity contribution is -0.735. The van der Waals surface area contributed by atoms with Crippen molar-refractivity contribution >= 4 is 55.0 Å². The lowest BCUT2D eigenvalue weighted by atomic mass is 10.1. The van der Waals surface area contributed by atoms with Crippen LogP contribution in [0, 0.1) is 9.81 Å². The molecule has 6 N–H and O–H groups in total. The lowest BCUT2D eigenvalue weighted by Gasteiger charge is -2.05. The van der Waals surface area contributed by atoms with Gasteiger partial charge >= 0.3 is 11.4 Å². The van der Waals surface area contributed by atoms with E-state index < -0.39 is 60.0 Å². The minimum atomic E-state index is -4.44. The maximum atomic E-state index is 11.4. The van der Waals surface area contributed by atoms with Crippen molar-refractivity contribution in [2.45, 2.75) is 4.90 Å². The molecule has 0 aliphatic carbocycles. The fraction of sp³-hybridized carbons (Fsp3) is 0. The van der Waals surface area contributed by atoms with Gasteiger partial charge in [0.15, 0.2) is 11.4 Å². The van der Waals surface area contributed by atoms with Crippen LogP contribution in [-0.2, 0) is 10.1 Å². The summed E-state index contributed by atoms with van der Waals surface area (Å²) in [6.45, 7) is 0. The molecule has 17 heteroatoms. The second kappa shape index (κ2) is 10.1. The average Bonchev–Trinajstić information content (AvgIpc) is 2.87. The van der Waals surface area contributed by atoms with Crippen LogP contribution in [0.3, 0.4) is 0 Å². The molecule has 0 aliphatic heterocycles. The molecule has 39 heavy (non-hydrogen) atoms. The van der Waals surface area contributed by atoms with Gasteiger partial charge in [-0.3, -0.25) is 4.55 Å². The number of benzene rings is 4. The van der Waals surface area contributed by atoms with Crippen molar-refractivity contribution in [3.05, 3.63) is 70.5 Å². The van der Waals surface area contributed by atoms with Gasteiger partial charge in [0.2, 0.25) is 5.75 Å². The zero-order valence-electron chi connectivity index (χ0n) is 19.2. The summed E-state index contributed by atoms with van der Waals surface area (Å²) in [5, 5.41) is 65.1. The maximum Gasteiger partial charge on any atom is 0.367 e. The Kier molecular flexibility index (Phi) is 6.85.